The maximum absolute atomic E-state index is 11.4. The predicted molar refractivity (Wildman–Crippen MR) is 58.2 cm³/mol. The second-order valence-corrected chi connectivity index (χ2v) is 3.89. The zero-order chi connectivity index (χ0) is 9.97. The number of nitrogens with one attached hydrogen (secondary N) is 1. The van der Waals surface area contributed by atoms with Gasteiger partial charge in [0.2, 0.25) is 0 Å². The normalized spacial score (nSPS) is 18.5. The molecule has 14 heavy (non-hydrogen) atoms. The van der Waals surface area contributed by atoms with Gasteiger partial charge in [-0.1, -0.05) is 13.0 Å². The van der Waals surface area contributed by atoms with Gasteiger partial charge in [0.15, 0.2) is 0 Å². The van der Waals surface area contributed by atoms with Gasteiger partial charge in [0.1, 0.15) is 11.5 Å². The second kappa shape index (κ2) is 3.75. The van der Waals surface area contributed by atoms with Crippen LogP contribution in [0.5, 0.6) is 0 Å². The molecule has 0 atom stereocenters. The Morgan fingerprint density at radius 2 is 2.50 bits per heavy atom. The zero-order valence-electron chi connectivity index (χ0n) is 7.78. The Balaban J connectivity index is 2.27. The molecule has 1 amide bonds. The van der Waals surface area contributed by atoms with Crippen molar-refractivity contribution >= 4 is 29.2 Å². The lowest BCUT2D eigenvalue weighted by Crippen LogP contribution is -2.22. The van der Waals surface area contributed by atoms with Gasteiger partial charge in [0, 0.05) is 11.3 Å². The van der Waals surface area contributed by atoms with Crippen molar-refractivity contribution in [3.05, 3.63) is 28.1 Å². The Bertz CT molecular complexity index is 404. The number of hydrogen-bond donors (Lipinski definition) is 1. The summed E-state index contributed by atoms with van der Waals surface area (Å²) in [5.41, 5.74) is 0.504. The molecule has 1 aromatic heterocycles. The van der Waals surface area contributed by atoms with Crippen LogP contribution in [0.4, 0.5) is 0 Å². The van der Waals surface area contributed by atoms with Gasteiger partial charge >= 0.3 is 0 Å². The van der Waals surface area contributed by atoms with Crippen LogP contribution >= 0.6 is 11.3 Å². The van der Waals surface area contributed by atoms with Crippen LogP contribution in [0, 0.1) is 0 Å². The van der Waals surface area contributed by atoms with E-state index in [2.05, 4.69) is 10.3 Å². The summed E-state index contributed by atoms with van der Waals surface area (Å²) in [6.07, 6.45) is 2.57. The minimum absolute atomic E-state index is 0.102. The van der Waals surface area contributed by atoms with Gasteiger partial charge in [-0.3, -0.25) is 4.79 Å². The summed E-state index contributed by atoms with van der Waals surface area (Å²) in [6, 6.07) is 3.92. The molecule has 0 spiro atoms. The summed E-state index contributed by atoms with van der Waals surface area (Å²) >= 11 is 1.59. The minimum Gasteiger partial charge on any atom is -0.309 e. The van der Waals surface area contributed by atoms with E-state index >= 15 is 0 Å². The summed E-state index contributed by atoms with van der Waals surface area (Å²) in [7, 11) is 0. The molecule has 0 aliphatic carbocycles. The average Bonchev–Trinajstić information content (AvgIpc) is 2.78. The summed E-state index contributed by atoms with van der Waals surface area (Å²) in [5.74, 6) is 0.646. The Morgan fingerprint density at radius 3 is 3.07 bits per heavy atom. The molecule has 72 valence electrons. The van der Waals surface area contributed by atoms with Crippen molar-refractivity contribution in [3.8, 4) is 0 Å². The first-order valence-corrected chi connectivity index (χ1v) is 5.31. The van der Waals surface area contributed by atoms with Crippen LogP contribution in [0.1, 0.15) is 18.2 Å². The number of rotatable bonds is 2. The molecule has 1 N–H and O–H groups in total. The van der Waals surface area contributed by atoms with Gasteiger partial charge in [-0.25, -0.2) is 4.99 Å². The molecule has 4 heteroatoms. The molecular formula is C10H10N2OS. The second-order valence-electron chi connectivity index (χ2n) is 2.91. The van der Waals surface area contributed by atoms with Crippen molar-refractivity contribution in [2.75, 3.05) is 0 Å². The van der Waals surface area contributed by atoms with Crippen molar-refractivity contribution in [1.82, 2.24) is 5.32 Å². The number of hydrogen-bond acceptors (Lipinski definition) is 3. The molecule has 0 aromatic carbocycles. The molecule has 0 fully saturated rings. The summed E-state index contributed by atoms with van der Waals surface area (Å²) in [4.78, 5) is 16.6. The number of amides is 1. The van der Waals surface area contributed by atoms with Crippen LogP contribution in [-0.2, 0) is 4.79 Å². The largest absolute Gasteiger partial charge is 0.309 e. The van der Waals surface area contributed by atoms with Crippen molar-refractivity contribution in [1.29, 1.82) is 0 Å². The molecule has 2 heterocycles. The standard InChI is InChI=1S/C10H10N2OS/c1-2-9-11-8(10(13)12-9)6-7-4-3-5-14-7/h3-6H,2H2,1H3,(H,11,12,13)/b8-6+. The highest BCUT2D eigenvalue weighted by atomic mass is 32.1. The number of carbonyl (C=O) groups is 1. The SMILES string of the molecule is CCC1=N/C(=C/c2cccs2)C(=O)N1. The Hall–Kier alpha value is -1.42. The molecule has 0 radical (unpaired) electrons. The molecule has 1 aliphatic heterocycles. The van der Waals surface area contributed by atoms with Gasteiger partial charge in [-0.2, -0.15) is 0 Å². The highest BCUT2D eigenvalue weighted by Crippen LogP contribution is 2.16. The number of amidine groups is 1. The lowest BCUT2D eigenvalue weighted by molar-refractivity contribution is -0.115. The molecule has 1 aromatic rings. The van der Waals surface area contributed by atoms with E-state index in [0.717, 1.165) is 17.1 Å². The van der Waals surface area contributed by atoms with Crippen LogP contribution in [0.2, 0.25) is 0 Å². The van der Waals surface area contributed by atoms with Crippen LogP contribution in [0.3, 0.4) is 0 Å². The fourth-order valence-corrected chi connectivity index (χ4v) is 1.84. The third-order valence-electron chi connectivity index (χ3n) is 1.90. The number of aliphatic imine (C=N–C) groups is 1. The van der Waals surface area contributed by atoms with E-state index < -0.39 is 0 Å². The van der Waals surface area contributed by atoms with Crippen molar-refractivity contribution in [2.24, 2.45) is 4.99 Å². The van der Waals surface area contributed by atoms with Crippen LogP contribution in [0.15, 0.2) is 28.2 Å². The number of carbonyl (C=O) groups excluding carboxylic acids is 1. The fourth-order valence-electron chi connectivity index (χ4n) is 1.19. The van der Waals surface area contributed by atoms with Gasteiger partial charge in [-0.05, 0) is 17.5 Å². The summed E-state index contributed by atoms with van der Waals surface area (Å²) in [5, 5.41) is 4.69. The molecule has 3 nitrogen and oxygen atoms in total. The smallest absolute Gasteiger partial charge is 0.275 e. The van der Waals surface area contributed by atoms with Gasteiger partial charge in [0.25, 0.3) is 5.91 Å². The van der Waals surface area contributed by atoms with E-state index in [1.807, 2.05) is 30.5 Å². The lowest BCUT2D eigenvalue weighted by Gasteiger charge is -1.91. The lowest BCUT2D eigenvalue weighted by atomic mass is 10.3. The topological polar surface area (TPSA) is 41.5 Å². The molecule has 0 saturated carbocycles. The minimum atomic E-state index is -0.102. The molecule has 0 saturated heterocycles. The maximum atomic E-state index is 11.4. The van der Waals surface area contributed by atoms with Crippen molar-refractivity contribution < 1.29 is 4.79 Å². The first-order chi connectivity index (χ1) is 6.79. The van der Waals surface area contributed by atoms with E-state index in [-0.39, 0.29) is 5.91 Å². The van der Waals surface area contributed by atoms with Crippen LogP contribution < -0.4 is 5.32 Å². The Labute approximate surface area is 86.2 Å². The number of thiophene rings is 1. The van der Waals surface area contributed by atoms with Gasteiger partial charge < -0.3 is 5.32 Å². The molecule has 1 aliphatic rings. The van der Waals surface area contributed by atoms with Gasteiger partial charge in [-0.15, -0.1) is 11.3 Å². The van der Waals surface area contributed by atoms with Crippen LogP contribution in [-0.4, -0.2) is 11.7 Å². The van der Waals surface area contributed by atoms with E-state index in [4.69, 9.17) is 0 Å². The predicted octanol–water partition coefficient (Wildman–Crippen LogP) is 2.03. The molecule has 0 unspecified atom stereocenters. The first-order valence-electron chi connectivity index (χ1n) is 4.43. The van der Waals surface area contributed by atoms with E-state index in [1.165, 1.54) is 0 Å². The zero-order valence-corrected chi connectivity index (χ0v) is 8.60. The first kappa shape index (κ1) is 9.15. The quantitative estimate of drug-likeness (QED) is 0.739. The summed E-state index contributed by atoms with van der Waals surface area (Å²) < 4.78 is 0. The van der Waals surface area contributed by atoms with Crippen molar-refractivity contribution in [2.45, 2.75) is 13.3 Å². The van der Waals surface area contributed by atoms with Crippen molar-refractivity contribution in [3.63, 3.8) is 0 Å². The Kier molecular flexibility index (Phi) is 2.45. The third-order valence-corrected chi connectivity index (χ3v) is 2.72. The molecule has 0 bridgehead atoms. The van der Waals surface area contributed by atoms with E-state index in [1.54, 1.807) is 11.3 Å². The summed E-state index contributed by atoms with van der Waals surface area (Å²) in [6.45, 7) is 1.97. The Morgan fingerprint density at radius 1 is 1.64 bits per heavy atom. The highest BCUT2D eigenvalue weighted by molar-refractivity contribution is 7.10. The number of nitrogens with zero attached hydrogens (tertiary/aromatic N) is 1. The fraction of sp³-hybridized carbons (Fsp3) is 0.200. The van der Waals surface area contributed by atoms with E-state index in [0.29, 0.717) is 5.70 Å². The monoisotopic (exact) mass is 206 g/mol. The highest BCUT2D eigenvalue weighted by Gasteiger charge is 2.18. The molecular weight excluding hydrogens is 196 g/mol. The average molecular weight is 206 g/mol. The van der Waals surface area contributed by atoms with Gasteiger partial charge in [0.05, 0.1) is 0 Å². The van der Waals surface area contributed by atoms with Crippen LogP contribution in [0.25, 0.3) is 6.08 Å². The molecule has 2 rings (SSSR count). The third kappa shape index (κ3) is 1.75. The maximum Gasteiger partial charge on any atom is 0.275 e. The van der Waals surface area contributed by atoms with E-state index in [9.17, 15) is 4.79 Å².